The Bertz CT molecular complexity index is 1330. The van der Waals surface area contributed by atoms with Crippen molar-refractivity contribution in [2.75, 3.05) is 11.6 Å². The average molecular weight is 441 g/mol. The number of fused-ring (bicyclic) bond motifs is 1. The van der Waals surface area contributed by atoms with Crippen molar-refractivity contribution in [1.29, 1.82) is 0 Å². The molecule has 0 bridgehead atoms. The van der Waals surface area contributed by atoms with Gasteiger partial charge in [0.15, 0.2) is 0 Å². The predicted molar refractivity (Wildman–Crippen MR) is 130 cm³/mol. The molecule has 3 heterocycles. The topological polar surface area (TPSA) is 54.5 Å². The molecule has 5 rings (SSSR count). The fraction of sp³-hybridized carbons (Fsp3) is 0.259. The van der Waals surface area contributed by atoms with E-state index in [-0.39, 0.29) is 5.56 Å². The summed E-state index contributed by atoms with van der Waals surface area (Å²) >= 11 is 0. The molecule has 33 heavy (non-hydrogen) atoms. The van der Waals surface area contributed by atoms with Crippen LogP contribution in [0.25, 0.3) is 0 Å². The lowest BCUT2D eigenvalue weighted by molar-refractivity contribution is 0.176. The summed E-state index contributed by atoms with van der Waals surface area (Å²) in [6.45, 7) is 7.83. The van der Waals surface area contributed by atoms with E-state index in [0.29, 0.717) is 32.3 Å². The monoisotopic (exact) mass is 440 g/mol. The number of aryl methyl sites for hydroxylation is 3. The second kappa shape index (κ2) is 8.71. The summed E-state index contributed by atoms with van der Waals surface area (Å²) in [5.74, 6) is 1.56. The smallest absolute Gasteiger partial charge is 0.259 e. The zero-order valence-corrected chi connectivity index (χ0v) is 19.3. The Balaban J connectivity index is 1.60. The molecule has 0 unspecified atom stereocenters. The van der Waals surface area contributed by atoms with Gasteiger partial charge in [-0.25, -0.2) is 4.98 Å². The van der Waals surface area contributed by atoms with E-state index in [1.165, 1.54) is 5.56 Å². The van der Waals surface area contributed by atoms with Gasteiger partial charge in [0.1, 0.15) is 5.76 Å². The van der Waals surface area contributed by atoms with E-state index < -0.39 is 0 Å². The maximum absolute atomic E-state index is 13.7. The van der Waals surface area contributed by atoms with Crippen LogP contribution in [0.15, 0.2) is 76.1 Å². The predicted octanol–water partition coefficient (Wildman–Crippen LogP) is 4.92. The molecule has 0 amide bonds. The number of aromatic nitrogens is 2. The maximum Gasteiger partial charge on any atom is 0.259 e. The van der Waals surface area contributed by atoms with Gasteiger partial charge in [0, 0.05) is 17.7 Å². The molecule has 4 aromatic rings. The second-order valence-electron chi connectivity index (χ2n) is 8.78. The SMILES string of the molecule is Cc1ccc(N2CN(Cc3ccco3)Cn3c2nc(C)c(Cc2ccccc2)c3=O)c(C)c1. The largest absolute Gasteiger partial charge is 0.468 e. The number of benzene rings is 2. The van der Waals surface area contributed by atoms with Crippen molar-refractivity contribution < 1.29 is 4.42 Å². The number of hydrogen-bond donors (Lipinski definition) is 0. The van der Waals surface area contributed by atoms with E-state index >= 15 is 0 Å². The molecule has 0 saturated heterocycles. The van der Waals surface area contributed by atoms with Crippen molar-refractivity contribution in [2.45, 2.75) is 40.4 Å². The van der Waals surface area contributed by atoms with E-state index in [4.69, 9.17) is 9.40 Å². The van der Waals surface area contributed by atoms with Crippen LogP contribution in [0.5, 0.6) is 0 Å². The van der Waals surface area contributed by atoms with Crippen LogP contribution in [0, 0.1) is 20.8 Å². The Morgan fingerprint density at radius 2 is 1.79 bits per heavy atom. The van der Waals surface area contributed by atoms with Gasteiger partial charge in [-0.2, -0.15) is 0 Å². The van der Waals surface area contributed by atoms with Crippen LogP contribution in [0.1, 0.15) is 33.7 Å². The van der Waals surface area contributed by atoms with E-state index in [9.17, 15) is 4.79 Å². The fourth-order valence-electron chi connectivity index (χ4n) is 4.55. The highest BCUT2D eigenvalue weighted by atomic mass is 16.3. The minimum atomic E-state index is 0.0141. The quantitative estimate of drug-likeness (QED) is 0.441. The summed E-state index contributed by atoms with van der Waals surface area (Å²) in [4.78, 5) is 23.1. The van der Waals surface area contributed by atoms with Gasteiger partial charge in [-0.15, -0.1) is 0 Å². The third kappa shape index (κ3) is 4.22. The molecule has 6 heteroatoms. The molecule has 0 aliphatic carbocycles. The summed E-state index contributed by atoms with van der Waals surface area (Å²) in [5.41, 5.74) is 6.06. The van der Waals surface area contributed by atoms with Crippen LogP contribution in [0.3, 0.4) is 0 Å². The van der Waals surface area contributed by atoms with Crippen molar-refractivity contribution in [3.8, 4) is 0 Å². The maximum atomic E-state index is 13.7. The lowest BCUT2D eigenvalue weighted by Crippen LogP contribution is -2.47. The van der Waals surface area contributed by atoms with Crippen molar-refractivity contribution in [3.63, 3.8) is 0 Å². The van der Waals surface area contributed by atoms with Crippen LogP contribution < -0.4 is 10.5 Å². The Hall–Kier alpha value is -3.64. The molecule has 0 radical (unpaired) electrons. The summed E-state index contributed by atoms with van der Waals surface area (Å²) in [5, 5.41) is 0. The number of hydrogen-bond acceptors (Lipinski definition) is 5. The first kappa shape index (κ1) is 21.2. The average Bonchev–Trinajstić information content (AvgIpc) is 3.31. The molecule has 0 N–H and O–H groups in total. The molecule has 1 aliphatic rings. The van der Waals surface area contributed by atoms with Crippen LogP contribution in [0.2, 0.25) is 0 Å². The summed E-state index contributed by atoms with van der Waals surface area (Å²) in [6, 6.07) is 20.3. The lowest BCUT2D eigenvalue weighted by Gasteiger charge is -2.38. The lowest BCUT2D eigenvalue weighted by atomic mass is 10.0. The van der Waals surface area contributed by atoms with Crippen molar-refractivity contribution >= 4 is 11.6 Å². The standard InChI is InChI=1S/C27H28N4O2/c1-19-11-12-25(20(2)14-19)30-17-29(16-23-10-7-13-33-23)18-31-26(32)24(21(3)28-27(30)31)15-22-8-5-4-6-9-22/h4-14H,15-18H2,1-3H3. The molecule has 0 atom stereocenters. The van der Waals surface area contributed by atoms with Crippen molar-refractivity contribution in [1.82, 2.24) is 14.5 Å². The summed E-state index contributed by atoms with van der Waals surface area (Å²) in [7, 11) is 0. The third-order valence-corrected chi connectivity index (χ3v) is 6.20. The highest BCUT2D eigenvalue weighted by molar-refractivity contribution is 5.63. The van der Waals surface area contributed by atoms with Crippen LogP contribution in [-0.4, -0.2) is 21.1 Å². The van der Waals surface area contributed by atoms with Gasteiger partial charge in [0.2, 0.25) is 5.95 Å². The van der Waals surface area contributed by atoms with Crippen molar-refractivity contribution in [2.24, 2.45) is 0 Å². The molecule has 2 aromatic carbocycles. The van der Waals surface area contributed by atoms with Gasteiger partial charge in [0.25, 0.3) is 5.56 Å². The first-order valence-corrected chi connectivity index (χ1v) is 11.2. The molecular formula is C27H28N4O2. The molecule has 168 valence electrons. The van der Waals surface area contributed by atoms with Crippen LogP contribution >= 0.6 is 0 Å². The molecule has 6 nitrogen and oxygen atoms in total. The molecule has 0 fully saturated rings. The second-order valence-corrected chi connectivity index (χ2v) is 8.78. The minimum absolute atomic E-state index is 0.0141. The van der Waals surface area contributed by atoms with Gasteiger partial charge < -0.3 is 4.42 Å². The third-order valence-electron chi connectivity index (χ3n) is 6.20. The normalized spacial score (nSPS) is 13.8. The van der Waals surface area contributed by atoms with Gasteiger partial charge in [-0.05, 0) is 50.1 Å². The molecular weight excluding hydrogens is 412 g/mol. The van der Waals surface area contributed by atoms with Gasteiger partial charge in [0.05, 0.1) is 31.8 Å². The number of nitrogens with zero attached hydrogens (tertiary/aromatic N) is 4. The van der Waals surface area contributed by atoms with Crippen LogP contribution in [-0.2, 0) is 19.6 Å². The Morgan fingerprint density at radius 3 is 2.52 bits per heavy atom. The van der Waals surface area contributed by atoms with Gasteiger partial charge in [-0.3, -0.25) is 19.2 Å². The molecule has 2 aromatic heterocycles. The highest BCUT2D eigenvalue weighted by Crippen LogP contribution is 2.31. The first-order valence-electron chi connectivity index (χ1n) is 11.2. The fourth-order valence-corrected chi connectivity index (χ4v) is 4.55. The van der Waals surface area contributed by atoms with Gasteiger partial charge in [-0.1, -0.05) is 48.0 Å². The molecule has 1 aliphatic heterocycles. The zero-order valence-electron chi connectivity index (χ0n) is 19.3. The molecule has 0 spiro atoms. The number of furan rings is 1. The Morgan fingerprint density at radius 1 is 0.970 bits per heavy atom. The minimum Gasteiger partial charge on any atom is -0.468 e. The number of rotatable bonds is 5. The Kier molecular flexibility index (Phi) is 5.60. The van der Waals surface area contributed by atoms with Gasteiger partial charge >= 0.3 is 0 Å². The van der Waals surface area contributed by atoms with E-state index in [1.54, 1.807) is 10.8 Å². The summed E-state index contributed by atoms with van der Waals surface area (Å²) < 4.78 is 7.40. The zero-order chi connectivity index (χ0) is 22.9. The van der Waals surface area contributed by atoms with Crippen LogP contribution in [0.4, 0.5) is 11.6 Å². The van der Waals surface area contributed by atoms with E-state index in [1.807, 2.05) is 49.4 Å². The first-order chi connectivity index (χ1) is 16.0. The highest BCUT2D eigenvalue weighted by Gasteiger charge is 2.29. The summed E-state index contributed by atoms with van der Waals surface area (Å²) in [6.07, 6.45) is 2.25. The van der Waals surface area contributed by atoms with E-state index in [0.717, 1.165) is 33.8 Å². The van der Waals surface area contributed by atoms with Crippen molar-refractivity contribution in [3.05, 3.63) is 111 Å². The van der Waals surface area contributed by atoms with E-state index in [2.05, 4.69) is 41.8 Å². The Labute approximate surface area is 193 Å². The molecule has 0 saturated carbocycles. The number of anilines is 2.